The molecule has 4 aliphatic rings. The summed E-state index contributed by atoms with van der Waals surface area (Å²) in [6, 6.07) is 10.3. The molecule has 0 unspecified atom stereocenters. The Kier molecular flexibility index (Phi) is 2.66. The van der Waals surface area contributed by atoms with Crippen LogP contribution in [0.2, 0.25) is 0 Å². The minimum atomic E-state index is -0.293. The van der Waals surface area contributed by atoms with Crippen molar-refractivity contribution in [1.82, 2.24) is 4.98 Å². The molecular formula is C19H22BNO2. The van der Waals surface area contributed by atoms with Gasteiger partial charge in [-0.15, -0.1) is 0 Å². The van der Waals surface area contributed by atoms with Gasteiger partial charge in [-0.25, -0.2) is 0 Å². The smallest absolute Gasteiger partial charge is 0.401 e. The van der Waals surface area contributed by atoms with E-state index in [0.717, 1.165) is 28.7 Å². The zero-order chi connectivity index (χ0) is 15.8. The Balaban J connectivity index is 1.55. The van der Waals surface area contributed by atoms with Gasteiger partial charge in [0.2, 0.25) is 0 Å². The van der Waals surface area contributed by atoms with Crippen LogP contribution in [-0.2, 0) is 9.31 Å². The molecule has 3 saturated carbocycles. The average molecular weight is 307 g/mol. The van der Waals surface area contributed by atoms with E-state index in [9.17, 15) is 0 Å². The molecule has 4 atom stereocenters. The molecule has 1 aromatic heterocycles. The monoisotopic (exact) mass is 307 g/mol. The number of fused-ring (bicyclic) bond motifs is 1. The van der Waals surface area contributed by atoms with Gasteiger partial charge in [0.1, 0.15) is 0 Å². The van der Waals surface area contributed by atoms with Crippen LogP contribution in [0.3, 0.4) is 0 Å². The molecule has 1 aromatic carbocycles. The van der Waals surface area contributed by atoms with Crippen LogP contribution in [0, 0.1) is 17.3 Å². The molecule has 0 N–H and O–H groups in total. The summed E-state index contributed by atoms with van der Waals surface area (Å²) in [5.74, 6) is 1.37. The normalized spacial score (nSPS) is 37.5. The maximum absolute atomic E-state index is 6.57. The number of rotatable bonds is 1. The highest BCUT2D eigenvalue weighted by Crippen LogP contribution is 2.65. The van der Waals surface area contributed by atoms with Gasteiger partial charge in [0, 0.05) is 11.7 Å². The summed E-state index contributed by atoms with van der Waals surface area (Å²) in [4.78, 5) is 4.56. The maximum Gasteiger partial charge on any atom is 0.496 e. The number of hydrogen-bond acceptors (Lipinski definition) is 3. The number of hydrogen-bond donors (Lipinski definition) is 0. The van der Waals surface area contributed by atoms with Crippen LogP contribution in [-0.4, -0.2) is 23.8 Å². The van der Waals surface area contributed by atoms with E-state index in [1.807, 2.05) is 12.3 Å². The van der Waals surface area contributed by atoms with Gasteiger partial charge in [-0.05, 0) is 48.5 Å². The number of nitrogens with zero attached hydrogens (tertiary/aromatic N) is 1. The Hall–Kier alpha value is -1.39. The summed E-state index contributed by atoms with van der Waals surface area (Å²) in [5, 5.41) is 1.14. The first-order valence-corrected chi connectivity index (χ1v) is 8.67. The van der Waals surface area contributed by atoms with Crippen molar-refractivity contribution in [1.29, 1.82) is 0 Å². The van der Waals surface area contributed by atoms with Gasteiger partial charge in [0.25, 0.3) is 0 Å². The van der Waals surface area contributed by atoms with E-state index >= 15 is 0 Å². The van der Waals surface area contributed by atoms with E-state index in [-0.39, 0.29) is 18.8 Å². The molecule has 118 valence electrons. The third-order valence-corrected chi connectivity index (χ3v) is 6.87. The fraction of sp³-hybridized carbons (Fsp3) is 0.526. The Morgan fingerprint density at radius 1 is 1.13 bits per heavy atom. The fourth-order valence-corrected chi connectivity index (χ4v) is 5.32. The molecule has 0 amide bonds. The van der Waals surface area contributed by atoms with Crippen molar-refractivity contribution in [2.24, 2.45) is 17.3 Å². The lowest BCUT2D eigenvalue weighted by Gasteiger charge is -2.64. The Labute approximate surface area is 137 Å². The van der Waals surface area contributed by atoms with Gasteiger partial charge < -0.3 is 9.31 Å². The molecule has 2 heterocycles. The first-order valence-electron chi connectivity index (χ1n) is 8.67. The van der Waals surface area contributed by atoms with Crippen molar-refractivity contribution in [3.63, 3.8) is 0 Å². The molecular weight excluding hydrogens is 285 g/mol. The highest BCUT2D eigenvalue weighted by atomic mass is 16.7. The first kappa shape index (κ1) is 14.0. The van der Waals surface area contributed by atoms with Crippen molar-refractivity contribution in [3.05, 3.63) is 36.5 Å². The van der Waals surface area contributed by atoms with E-state index in [1.54, 1.807) is 0 Å². The van der Waals surface area contributed by atoms with Crippen LogP contribution in [0.25, 0.3) is 10.9 Å². The van der Waals surface area contributed by atoms with Crippen LogP contribution in [0.5, 0.6) is 0 Å². The van der Waals surface area contributed by atoms with E-state index in [1.165, 1.54) is 6.42 Å². The third kappa shape index (κ3) is 1.71. The van der Waals surface area contributed by atoms with Crippen molar-refractivity contribution < 1.29 is 9.31 Å². The standard InChI is InChI=1S/C19H22BNO2/c1-18(2)13-10-15(18)19(3)16(11-13)22-20(23-19)14-8-4-6-12-7-5-9-21-17(12)14/h4-9,13,15-16H,10-11H2,1-3H3/t13-,15-,16+,19-/m0/s1. The minimum Gasteiger partial charge on any atom is -0.401 e. The van der Waals surface area contributed by atoms with Crippen molar-refractivity contribution >= 4 is 23.5 Å². The Morgan fingerprint density at radius 3 is 2.78 bits per heavy atom. The molecule has 2 aromatic rings. The second kappa shape index (κ2) is 4.37. The van der Waals surface area contributed by atoms with Gasteiger partial charge in [-0.3, -0.25) is 4.98 Å². The van der Waals surface area contributed by atoms with Gasteiger partial charge in [0.05, 0.1) is 17.2 Å². The molecule has 4 fully saturated rings. The number of pyridine rings is 1. The summed E-state index contributed by atoms with van der Waals surface area (Å²) in [5.41, 5.74) is 2.27. The largest absolute Gasteiger partial charge is 0.496 e. The van der Waals surface area contributed by atoms with Gasteiger partial charge in [-0.2, -0.15) is 0 Å². The molecule has 0 spiro atoms. The van der Waals surface area contributed by atoms with Gasteiger partial charge >= 0.3 is 7.12 Å². The van der Waals surface area contributed by atoms with Crippen molar-refractivity contribution in [3.8, 4) is 0 Å². The molecule has 1 aliphatic heterocycles. The zero-order valence-electron chi connectivity index (χ0n) is 14.0. The molecule has 3 nitrogen and oxygen atoms in total. The SMILES string of the molecule is CC1(C)[C@@H]2C[C@H]3OB(c4cccc5cccnc45)O[C@@]3(C)[C@H]1C2. The van der Waals surface area contributed by atoms with Crippen molar-refractivity contribution in [2.45, 2.75) is 45.3 Å². The highest BCUT2D eigenvalue weighted by Gasteiger charge is 2.68. The predicted molar refractivity (Wildman–Crippen MR) is 91.5 cm³/mol. The van der Waals surface area contributed by atoms with Crippen LogP contribution < -0.4 is 5.46 Å². The van der Waals surface area contributed by atoms with E-state index < -0.39 is 0 Å². The summed E-state index contributed by atoms with van der Waals surface area (Å²) in [7, 11) is -0.293. The molecule has 6 rings (SSSR count). The quantitative estimate of drug-likeness (QED) is 0.758. The van der Waals surface area contributed by atoms with Gasteiger partial charge in [-0.1, -0.05) is 38.1 Å². The molecule has 4 heteroatoms. The lowest BCUT2D eigenvalue weighted by Crippen LogP contribution is -2.65. The zero-order valence-corrected chi connectivity index (χ0v) is 14.0. The first-order chi connectivity index (χ1) is 11.0. The molecule has 23 heavy (non-hydrogen) atoms. The Bertz CT molecular complexity index is 787. The number of benzene rings is 1. The van der Waals surface area contributed by atoms with E-state index in [2.05, 4.69) is 50.0 Å². The molecule has 3 aliphatic carbocycles. The van der Waals surface area contributed by atoms with Crippen LogP contribution in [0.4, 0.5) is 0 Å². The van der Waals surface area contributed by atoms with Crippen LogP contribution in [0.15, 0.2) is 36.5 Å². The summed E-state index contributed by atoms with van der Waals surface area (Å²) < 4.78 is 13.0. The molecule has 0 radical (unpaired) electrons. The molecule has 2 bridgehead atoms. The highest BCUT2D eigenvalue weighted by molar-refractivity contribution is 6.64. The average Bonchev–Trinajstić information content (AvgIpc) is 2.90. The third-order valence-electron chi connectivity index (χ3n) is 6.87. The summed E-state index contributed by atoms with van der Waals surface area (Å²) >= 11 is 0. The fourth-order valence-electron chi connectivity index (χ4n) is 5.32. The lowest BCUT2D eigenvalue weighted by atomic mass is 9.43. The van der Waals surface area contributed by atoms with E-state index in [4.69, 9.17) is 9.31 Å². The molecule has 1 saturated heterocycles. The van der Waals surface area contributed by atoms with E-state index in [0.29, 0.717) is 11.3 Å². The van der Waals surface area contributed by atoms with Crippen LogP contribution >= 0.6 is 0 Å². The topological polar surface area (TPSA) is 31.4 Å². The summed E-state index contributed by atoms with van der Waals surface area (Å²) in [6.45, 7) is 7.05. The number of para-hydroxylation sites is 1. The summed E-state index contributed by atoms with van der Waals surface area (Å²) in [6.07, 6.45) is 4.46. The Morgan fingerprint density at radius 2 is 1.96 bits per heavy atom. The number of aromatic nitrogens is 1. The minimum absolute atomic E-state index is 0.167. The lowest BCUT2D eigenvalue weighted by molar-refractivity contribution is -0.199. The second-order valence-electron chi connectivity index (χ2n) is 8.22. The van der Waals surface area contributed by atoms with Gasteiger partial charge in [0.15, 0.2) is 0 Å². The second-order valence-corrected chi connectivity index (χ2v) is 8.22. The van der Waals surface area contributed by atoms with Crippen molar-refractivity contribution in [2.75, 3.05) is 0 Å². The van der Waals surface area contributed by atoms with Crippen LogP contribution in [0.1, 0.15) is 33.6 Å². The predicted octanol–water partition coefficient (Wildman–Crippen LogP) is 3.17. The maximum atomic E-state index is 6.57.